The predicted octanol–water partition coefficient (Wildman–Crippen LogP) is 1.27. The van der Waals surface area contributed by atoms with Gasteiger partial charge in [-0.05, 0) is 37.5 Å². The molecule has 0 aliphatic carbocycles. The summed E-state index contributed by atoms with van der Waals surface area (Å²) in [5.41, 5.74) is -0.0694. The topological polar surface area (TPSA) is 115 Å². The molecular weight excluding hydrogens is 412 g/mol. The Kier molecular flexibility index (Phi) is 6.19. The number of carbonyl (C=O) groups is 1. The third-order valence-electron chi connectivity index (χ3n) is 5.32. The van der Waals surface area contributed by atoms with Gasteiger partial charge in [0, 0.05) is 36.7 Å². The van der Waals surface area contributed by atoms with Gasteiger partial charge < -0.3 is 19.2 Å². The molecule has 1 aromatic carbocycles. The van der Waals surface area contributed by atoms with Gasteiger partial charge in [0.05, 0.1) is 29.8 Å². The van der Waals surface area contributed by atoms with Crippen molar-refractivity contribution >= 4 is 26.9 Å². The molecule has 0 saturated carbocycles. The minimum atomic E-state index is -3.75. The van der Waals surface area contributed by atoms with Crippen LogP contribution in [0.5, 0.6) is 0 Å². The first-order valence-corrected chi connectivity index (χ1v) is 11.4. The SMILES string of the molecule is O=C(OCC1CCCCO1)c1cc(=O)[nH]c2ccc(S(=O)(=O)N3CCOCC3)cc12. The quantitative estimate of drug-likeness (QED) is 0.702. The van der Waals surface area contributed by atoms with Crippen LogP contribution in [-0.2, 0) is 24.2 Å². The van der Waals surface area contributed by atoms with Crippen molar-refractivity contribution in [3.8, 4) is 0 Å². The van der Waals surface area contributed by atoms with Crippen molar-refractivity contribution in [3.05, 3.63) is 40.2 Å². The van der Waals surface area contributed by atoms with Crippen LogP contribution in [0.4, 0.5) is 0 Å². The molecule has 1 N–H and O–H groups in total. The fourth-order valence-corrected chi connectivity index (χ4v) is 5.12. The minimum absolute atomic E-state index is 0.0311. The van der Waals surface area contributed by atoms with E-state index in [1.807, 2.05) is 0 Å². The van der Waals surface area contributed by atoms with Gasteiger partial charge in [0.2, 0.25) is 15.6 Å². The molecule has 2 fully saturated rings. The summed E-state index contributed by atoms with van der Waals surface area (Å²) in [4.78, 5) is 27.4. The lowest BCUT2D eigenvalue weighted by atomic mass is 10.1. The van der Waals surface area contributed by atoms with Crippen LogP contribution in [0, 0.1) is 0 Å². The Morgan fingerprint density at radius 3 is 2.70 bits per heavy atom. The third kappa shape index (κ3) is 4.41. The number of aromatic nitrogens is 1. The van der Waals surface area contributed by atoms with E-state index in [-0.39, 0.29) is 36.3 Å². The number of hydrogen-bond donors (Lipinski definition) is 1. The van der Waals surface area contributed by atoms with Crippen LogP contribution in [0.3, 0.4) is 0 Å². The highest BCUT2D eigenvalue weighted by Gasteiger charge is 2.27. The number of ether oxygens (including phenoxy) is 3. The number of nitrogens with zero attached hydrogens (tertiary/aromatic N) is 1. The maximum Gasteiger partial charge on any atom is 0.339 e. The van der Waals surface area contributed by atoms with Crippen molar-refractivity contribution in [1.29, 1.82) is 0 Å². The average molecular weight is 436 g/mol. The highest BCUT2D eigenvalue weighted by molar-refractivity contribution is 7.89. The molecule has 2 aliphatic heterocycles. The van der Waals surface area contributed by atoms with Gasteiger partial charge in [0.25, 0.3) is 0 Å². The lowest BCUT2D eigenvalue weighted by Crippen LogP contribution is -2.40. The van der Waals surface area contributed by atoms with Gasteiger partial charge in [-0.2, -0.15) is 4.31 Å². The van der Waals surface area contributed by atoms with Gasteiger partial charge in [0.1, 0.15) is 6.61 Å². The molecule has 2 aliphatic rings. The highest BCUT2D eigenvalue weighted by atomic mass is 32.2. The zero-order chi connectivity index (χ0) is 21.1. The zero-order valence-corrected chi connectivity index (χ0v) is 17.3. The number of H-pyrrole nitrogens is 1. The van der Waals surface area contributed by atoms with E-state index in [0.717, 1.165) is 25.3 Å². The maximum atomic E-state index is 13.0. The Morgan fingerprint density at radius 1 is 1.17 bits per heavy atom. The number of aromatic amines is 1. The summed E-state index contributed by atoms with van der Waals surface area (Å²) in [6.45, 7) is 1.93. The second-order valence-electron chi connectivity index (χ2n) is 7.36. The fraction of sp³-hybridized carbons (Fsp3) is 0.500. The molecule has 0 bridgehead atoms. The molecule has 3 heterocycles. The third-order valence-corrected chi connectivity index (χ3v) is 7.21. The standard InChI is InChI=1S/C20H24N2O7S/c23-19-12-17(20(24)29-13-14-3-1-2-8-28-14)16-11-15(4-5-18(16)21-19)30(25,26)22-6-9-27-10-7-22/h4-5,11-12,14H,1-3,6-10,13H2,(H,21,23). The maximum absolute atomic E-state index is 13.0. The number of esters is 1. The minimum Gasteiger partial charge on any atom is -0.459 e. The fourth-order valence-electron chi connectivity index (χ4n) is 3.68. The van der Waals surface area contributed by atoms with Crippen LogP contribution in [0.2, 0.25) is 0 Å². The van der Waals surface area contributed by atoms with Crippen molar-refractivity contribution in [2.24, 2.45) is 0 Å². The summed E-state index contributed by atoms with van der Waals surface area (Å²) in [7, 11) is -3.75. The highest BCUT2D eigenvalue weighted by Crippen LogP contribution is 2.24. The number of morpholine rings is 1. The summed E-state index contributed by atoms with van der Waals surface area (Å²) in [5.74, 6) is -0.679. The lowest BCUT2D eigenvalue weighted by molar-refractivity contribution is -0.0299. The molecule has 0 spiro atoms. The van der Waals surface area contributed by atoms with Crippen LogP contribution < -0.4 is 5.56 Å². The van der Waals surface area contributed by atoms with Crippen molar-refractivity contribution in [2.75, 3.05) is 39.5 Å². The van der Waals surface area contributed by atoms with Crippen molar-refractivity contribution in [1.82, 2.24) is 9.29 Å². The van der Waals surface area contributed by atoms with E-state index in [0.29, 0.717) is 30.7 Å². The number of hydrogen-bond acceptors (Lipinski definition) is 7. The normalized spacial score (nSPS) is 20.9. The number of pyridine rings is 1. The van der Waals surface area contributed by atoms with E-state index in [1.54, 1.807) is 0 Å². The van der Waals surface area contributed by atoms with Crippen LogP contribution >= 0.6 is 0 Å². The lowest BCUT2D eigenvalue weighted by Gasteiger charge is -2.26. The molecule has 30 heavy (non-hydrogen) atoms. The smallest absolute Gasteiger partial charge is 0.339 e. The Labute approximate surface area is 174 Å². The summed E-state index contributed by atoms with van der Waals surface area (Å²) >= 11 is 0. The molecule has 1 atom stereocenters. The number of carbonyl (C=O) groups excluding carboxylic acids is 1. The molecule has 0 radical (unpaired) electrons. The second-order valence-corrected chi connectivity index (χ2v) is 9.30. The molecule has 10 heteroatoms. The zero-order valence-electron chi connectivity index (χ0n) is 16.5. The predicted molar refractivity (Wildman–Crippen MR) is 108 cm³/mol. The van der Waals surface area contributed by atoms with E-state index < -0.39 is 21.6 Å². The van der Waals surface area contributed by atoms with E-state index in [9.17, 15) is 18.0 Å². The van der Waals surface area contributed by atoms with E-state index in [1.165, 1.54) is 22.5 Å². The van der Waals surface area contributed by atoms with Crippen LogP contribution in [-0.4, -0.2) is 69.3 Å². The Bertz CT molecular complexity index is 1080. The Morgan fingerprint density at radius 2 is 1.97 bits per heavy atom. The molecule has 2 saturated heterocycles. The van der Waals surface area contributed by atoms with Gasteiger partial charge in [-0.15, -0.1) is 0 Å². The Hall–Kier alpha value is -2.27. The Balaban J connectivity index is 1.64. The van der Waals surface area contributed by atoms with Crippen LogP contribution in [0.1, 0.15) is 29.6 Å². The van der Waals surface area contributed by atoms with Gasteiger partial charge in [-0.3, -0.25) is 4.79 Å². The van der Waals surface area contributed by atoms with Gasteiger partial charge in [-0.1, -0.05) is 0 Å². The number of fused-ring (bicyclic) bond motifs is 1. The molecule has 9 nitrogen and oxygen atoms in total. The number of nitrogens with one attached hydrogen (secondary N) is 1. The summed E-state index contributed by atoms with van der Waals surface area (Å²) in [6.07, 6.45) is 2.65. The molecule has 162 valence electrons. The second kappa shape index (κ2) is 8.84. The van der Waals surface area contributed by atoms with Crippen molar-refractivity contribution < 1.29 is 27.4 Å². The largest absolute Gasteiger partial charge is 0.459 e. The molecule has 4 rings (SSSR count). The van der Waals surface area contributed by atoms with Gasteiger partial charge >= 0.3 is 5.97 Å². The molecule has 1 unspecified atom stereocenters. The van der Waals surface area contributed by atoms with Crippen molar-refractivity contribution in [2.45, 2.75) is 30.3 Å². The van der Waals surface area contributed by atoms with E-state index in [4.69, 9.17) is 14.2 Å². The number of sulfonamides is 1. The molecule has 2 aromatic rings. The summed E-state index contributed by atoms with van der Waals surface area (Å²) < 4.78 is 43.5. The van der Waals surface area contributed by atoms with Gasteiger partial charge in [0.15, 0.2) is 0 Å². The van der Waals surface area contributed by atoms with Crippen LogP contribution in [0.25, 0.3) is 10.9 Å². The first kappa shape index (κ1) is 21.0. The van der Waals surface area contributed by atoms with Crippen LogP contribution in [0.15, 0.2) is 34.0 Å². The first-order chi connectivity index (χ1) is 14.4. The monoisotopic (exact) mass is 436 g/mol. The van der Waals surface area contributed by atoms with Crippen molar-refractivity contribution in [3.63, 3.8) is 0 Å². The van der Waals surface area contributed by atoms with E-state index >= 15 is 0 Å². The average Bonchev–Trinajstić information content (AvgIpc) is 2.77. The first-order valence-electron chi connectivity index (χ1n) is 9.99. The molecular formula is C20H24N2O7S. The summed E-state index contributed by atoms with van der Waals surface area (Å²) in [5, 5.41) is 0.318. The van der Waals surface area contributed by atoms with Gasteiger partial charge in [-0.25, -0.2) is 13.2 Å². The summed E-state index contributed by atoms with van der Waals surface area (Å²) in [6, 6.07) is 5.46. The van der Waals surface area contributed by atoms with E-state index in [2.05, 4.69) is 4.98 Å². The molecule has 1 aromatic heterocycles. The number of rotatable bonds is 5. The molecule has 0 amide bonds. The number of benzene rings is 1.